The van der Waals surface area contributed by atoms with E-state index in [1.165, 1.54) is 13.8 Å². The fraction of sp³-hybridized carbons (Fsp3) is 0.788. The number of halogens is 1. The predicted octanol–water partition coefficient (Wildman–Crippen LogP) is 3.42. The van der Waals surface area contributed by atoms with Gasteiger partial charge in [0.1, 0.15) is 30.0 Å². The van der Waals surface area contributed by atoms with Crippen LogP contribution < -0.4 is 0 Å². The molecule has 11 atom stereocenters. The summed E-state index contributed by atoms with van der Waals surface area (Å²) in [4.78, 5) is 65.2. The number of alkyl halides is 1. The number of carbonyl (C=O) groups is 5. The second kappa shape index (κ2) is 13.1. The van der Waals surface area contributed by atoms with Gasteiger partial charge >= 0.3 is 29.8 Å². The Morgan fingerprint density at radius 1 is 1.02 bits per heavy atom. The van der Waals surface area contributed by atoms with Gasteiger partial charge < -0.3 is 33.5 Å². The summed E-state index contributed by atoms with van der Waals surface area (Å²) in [5.41, 5.74) is -4.72. The van der Waals surface area contributed by atoms with Gasteiger partial charge in [-0.25, -0.2) is 0 Å². The fourth-order valence-electron chi connectivity index (χ4n) is 7.59. The van der Waals surface area contributed by atoms with Crippen LogP contribution in [0.1, 0.15) is 81.1 Å². The predicted molar refractivity (Wildman–Crippen MR) is 162 cm³/mol. The zero-order valence-corrected chi connectivity index (χ0v) is 28.6. The van der Waals surface area contributed by atoms with Gasteiger partial charge in [-0.15, -0.1) is 11.6 Å². The molecule has 46 heavy (non-hydrogen) atoms. The second-order valence-electron chi connectivity index (χ2n) is 14.2. The fourth-order valence-corrected chi connectivity index (χ4v) is 7.95. The van der Waals surface area contributed by atoms with Gasteiger partial charge in [-0.05, 0) is 25.7 Å². The standard InChI is InChI=1S/C33H47ClO12/c1-15(2)12-24(37)44-23-13-22(42-19(7)35)31(9)21(45-29(38)16(3)4)11-10-17(5)25(34)27-33(40,18(6)30(39)46-27)28(43-20(8)36)26(31)32(23)14-41-32/h15-16,18,21-23,25-28,40H,5,10-14H2,1-4,6-9H3/t18-,21-,22-,23+,25-,26+,27-,28?,31-,32+,33+/m0/s1. The van der Waals surface area contributed by atoms with Crippen molar-refractivity contribution >= 4 is 41.4 Å². The maximum Gasteiger partial charge on any atom is 0.312 e. The summed E-state index contributed by atoms with van der Waals surface area (Å²) in [6, 6.07) is 0. The quantitative estimate of drug-likeness (QED) is 0.138. The molecule has 0 amide bonds. The summed E-state index contributed by atoms with van der Waals surface area (Å²) < 4.78 is 36.1. The topological polar surface area (TPSA) is 164 Å². The number of esters is 5. The average molecular weight is 671 g/mol. The number of carbonyl (C=O) groups excluding carboxylic acids is 5. The summed E-state index contributed by atoms with van der Waals surface area (Å²) in [6.07, 6.45) is -5.80. The van der Waals surface area contributed by atoms with Crippen molar-refractivity contribution in [3.05, 3.63) is 12.2 Å². The Balaban J connectivity index is 2.04. The summed E-state index contributed by atoms with van der Waals surface area (Å²) in [6.45, 7) is 16.7. The zero-order valence-electron chi connectivity index (χ0n) is 27.8. The van der Waals surface area contributed by atoms with E-state index in [1.54, 1.807) is 20.8 Å². The van der Waals surface area contributed by atoms with Gasteiger partial charge in [0.15, 0.2) is 11.7 Å². The van der Waals surface area contributed by atoms with Gasteiger partial charge in [0.25, 0.3) is 0 Å². The minimum absolute atomic E-state index is 0.00320. The van der Waals surface area contributed by atoms with Gasteiger partial charge in [0, 0.05) is 32.6 Å². The minimum Gasteiger partial charge on any atom is -0.462 e. The van der Waals surface area contributed by atoms with Gasteiger partial charge in [-0.3, -0.25) is 24.0 Å². The Bertz CT molecular complexity index is 1260. The maximum atomic E-state index is 13.3. The number of hydrogen-bond donors (Lipinski definition) is 1. The van der Waals surface area contributed by atoms with Gasteiger partial charge in [-0.2, -0.15) is 0 Å². The zero-order chi connectivity index (χ0) is 34.5. The summed E-state index contributed by atoms with van der Waals surface area (Å²) >= 11 is 6.88. The van der Waals surface area contributed by atoms with Crippen LogP contribution in [-0.4, -0.2) is 88.7 Å². The molecule has 1 unspecified atom stereocenters. The molecule has 0 aromatic heterocycles. The van der Waals surface area contributed by atoms with E-state index in [0.29, 0.717) is 5.57 Å². The molecule has 258 valence electrons. The molecule has 2 saturated carbocycles. The van der Waals surface area contributed by atoms with Gasteiger partial charge in [0.2, 0.25) is 0 Å². The molecule has 2 heterocycles. The lowest BCUT2D eigenvalue weighted by molar-refractivity contribution is -0.260. The summed E-state index contributed by atoms with van der Waals surface area (Å²) in [7, 11) is 0. The molecule has 2 aliphatic heterocycles. The number of hydrogen-bond acceptors (Lipinski definition) is 12. The van der Waals surface area contributed by atoms with Crippen LogP contribution >= 0.6 is 11.6 Å². The average Bonchev–Trinajstić information content (AvgIpc) is 3.69. The Hall–Kier alpha value is -2.70. The third kappa shape index (κ3) is 6.29. The van der Waals surface area contributed by atoms with Crippen molar-refractivity contribution in [2.75, 3.05) is 6.61 Å². The molecule has 12 nitrogen and oxygen atoms in total. The second-order valence-corrected chi connectivity index (χ2v) is 14.6. The molecule has 0 radical (unpaired) electrons. The van der Waals surface area contributed by atoms with E-state index in [4.69, 9.17) is 40.0 Å². The van der Waals surface area contributed by atoms with Crippen molar-refractivity contribution in [1.82, 2.24) is 0 Å². The van der Waals surface area contributed by atoms with Crippen LogP contribution in [0, 0.1) is 29.1 Å². The molecule has 4 rings (SSSR count). The molecule has 2 saturated heterocycles. The largest absolute Gasteiger partial charge is 0.462 e. The Morgan fingerprint density at radius 2 is 1.63 bits per heavy atom. The minimum atomic E-state index is -2.27. The Morgan fingerprint density at radius 3 is 2.15 bits per heavy atom. The van der Waals surface area contributed by atoms with Crippen LogP contribution in [0.25, 0.3) is 0 Å². The molecule has 0 bridgehead atoms. The molecule has 13 heteroatoms. The first-order valence-electron chi connectivity index (χ1n) is 15.9. The summed E-state index contributed by atoms with van der Waals surface area (Å²) in [5, 5.41) is 11.6. The highest BCUT2D eigenvalue weighted by molar-refractivity contribution is 6.23. The SMILES string of the molecule is C=C1CC[C@H](OC(=O)C(C)C)[C@@]2(C)[C@@H](OC(C)=O)C[C@@H](OC(=O)CC(C)C)[C@]3(CO3)[C@@H]2C(OC(C)=O)[C@@]2(O)[C@@H](C)C(=O)O[C@H]2[C@H]1Cl. The van der Waals surface area contributed by atoms with E-state index < -0.39 is 100 Å². The molecule has 1 spiro atoms. The highest BCUT2D eigenvalue weighted by Crippen LogP contribution is 2.63. The highest BCUT2D eigenvalue weighted by Gasteiger charge is 2.78. The lowest BCUT2D eigenvalue weighted by atomic mass is 9.51. The molecule has 1 N–H and O–H groups in total. The van der Waals surface area contributed by atoms with E-state index in [-0.39, 0.29) is 38.2 Å². The van der Waals surface area contributed by atoms with E-state index in [9.17, 15) is 29.1 Å². The van der Waals surface area contributed by atoms with Crippen LogP contribution in [0.4, 0.5) is 0 Å². The number of aliphatic hydroxyl groups is 1. The first-order valence-corrected chi connectivity index (χ1v) is 16.4. The van der Waals surface area contributed by atoms with E-state index in [2.05, 4.69) is 6.58 Å². The number of rotatable bonds is 7. The van der Waals surface area contributed by atoms with Crippen molar-refractivity contribution in [3.63, 3.8) is 0 Å². The smallest absolute Gasteiger partial charge is 0.312 e. The van der Waals surface area contributed by atoms with Crippen LogP contribution in [-0.2, 0) is 52.4 Å². The first-order chi connectivity index (χ1) is 21.3. The van der Waals surface area contributed by atoms with Crippen molar-refractivity contribution in [1.29, 1.82) is 0 Å². The normalized spacial score (nSPS) is 40.4. The van der Waals surface area contributed by atoms with Gasteiger partial charge in [-0.1, -0.05) is 46.8 Å². The monoisotopic (exact) mass is 670 g/mol. The maximum absolute atomic E-state index is 13.3. The molecular weight excluding hydrogens is 624 g/mol. The number of epoxide rings is 1. The highest BCUT2D eigenvalue weighted by atomic mass is 35.5. The Kier molecular flexibility index (Phi) is 10.3. The van der Waals surface area contributed by atoms with E-state index in [1.807, 2.05) is 13.8 Å². The van der Waals surface area contributed by atoms with Gasteiger partial charge in [0.05, 0.1) is 29.2 Å². The van der Waals surface area contributed by atoms with Crippen LogP contribution in [0.15, 0.2) is 12.2 Å². The van der Waals surface area contributed by atoms with Crippen molar-refractivity contribution < 1.29 is 57.5 Å². The van der Waals surface area contributed by atoms with Crippen LogP contribution in [0.3, 0.4) is 0 Å². The summed E-state index contributed by atoms with van der Waals surface area (Å²) in [5.74, 6) is -6.29. The Labute approximate surface area is 274 Å². The lowest BCUT2D eigenvalue weighted by Crippen LogP contribution is -2.72. The van der Waals surface area contributed by atoms with E-state index >= 15 is 0 Å². The van der Waals surface area contributed by atoms with Crippen LogP contribution in [0.5, 0.6) is 0 Å². The van der Waals surface area contributed by atoms with Crippen molar-refractivity contribution in [3.8, 4) is 0 Å². The molecule has 0 aromatic rings. The number of fused-ring (bicyclic) bond motifs is 3. The molecular formula is C33H47ClO12. The lowest BCUT2D eigenvalue weighted by Gasteiger charge is -2.58. The molecule has 4 aliphatic rings. The first kappa shape index (κ1) is 36.1. The molecule has 4 fully saturated rings. The third-order valence-electron chi connectivity index (χ3n) is 10.1. The van der Waals surface area contributed by atoms with Crippen LogP contribution in [0.2, 0.25) is 0 Å². The van der Waals surface area contributed by atoms with Crippen molar-refractivity contribution in [2.24, 2.45) is 29.1 Å². The molecule has 2 aliphatic carbocycles. The van der Waals surface area contributed by atoms with E-state index in [0.717, 1.165) is 6.92 Å². The number of ether oxygens (including phenoxy) is 6. The third-order valence-corrected chi connectivity index (χ3v) is 10.6. The van der Waals surface area contributed by atoms with Crippen molar-refractivity contribution in [2.45, 2.75) is 128 Å². The molecule has 0 aromatic carbocycles.